The Kier molecular flexibility index (Phi) is 7.75. The topological polar surface area (TPSA) is 93.2 Å². The van der Waals surface area contributed by atoms with Crippen molar-refractivity contribution in [2.45, 2.75) is 25.6 Å². The summed E-state index contributed by atoms with van der Waals surface area (Å²) >= 11 is 0. The first-order valence-electron chi connectivity index (χ1n) is 11.8. The van der Waals surface area contributed by atoms with Gasteiger partial charge in [0.1, 0.15) is 22.9 Å². The van der Waals surface area contributed by atoms with Gasteiger partial charge in [0.25, 0.3) is 5.91 Å². The summed E-state index contributed by atoms with van der Waals surface area (Å²) in [5, 5.41) is 8.01. The minimum absolute atomic E-state index is 0.0665. The van der Waals surface area contributed by atoms with Gasteiger partial charge in [-0.05, 0) is 48.4 Å². The van der Waals surface area contributed by atoms with Crippen molar-refractivity contribution < 1.29 is 27.2 Å². The van der Waals surface area contributed by atoms with Crippen molar-refractivity contribution in [1.29, 1.82) is 5.41 Å². The molecule has 2 N–H and O–H groups in total. The van der Waals surface area contributed by atoms with Gasteiger partial charge in [-0.1, -0.05) is 30.3 Å². The van der Waals surface area contributed by atoms with Gasteiger partial charge < -0.3 is 20.2 Å². The van der Waals surface area contributed by atoms with Crippen LogP contribution in [0, 0.1) is 11.2 Å². The number of aromatic nitrogens is 2. The van der Waals surface area contributed by atoms with Crippen LogP contribution in [0.25, 0.3) is 5.57 Å². The van der Waals surface area contributed by atoms with Crippen molar-refractivity contribution in [2.24, 2.45) is 0 Å². The summed E-state index contributed by atoms with van der Waals surface area (Å²) in [5.41, 5.74) is -0.902. The van der Waals surface area contributed by atoms with E-state index >= 15 is 0 Å². The molecule has 1 aromatic heterocycles. The molecular formula is C27H25F4N5O2. The first-order chi connectivity index (χ1) is 18.0. The van der Waals surface area contributed by atoms with Crippen molar-refractivity contribution in [3.63, 3.8) is 0 Å². The van der Waals surface area contributed by atoms with Gasteiger partial charge in [-0.3, -0.25) is 9.59 Å². The normalized spacial score (nSPS) is 16.4. The maximum absolute atomic E-state index is 13.8. The minimum Gasteiger partial charge on any atom is -0.336 e. The molecule has 1 aliphatic rings. The van der Waals surface area contributed by atoms with Crippen molar-refractivity contribution in [3.8, 4) is 0 Å². The van der Waals surface area contributed by atoms with E-state index in [1.54, 1.807) is 4.90 Å². The number of nitrogens with one attached hydrogen (secondary N) is 2. The molecule has 1 aliphatic heterocycles. The van der Waals surface area contributed by atoms with Crippen LogP contribution in [-0.4, -0.2) is 69.1 Å². The monoisotopic (exact) mass is 527 g/mol. The average molecular weight is 528 g/mol. The Morgan fingerprint density at radius 3 is 2.42 bits per heavy atom. The van der Waals surface area contributed by atoms with E-state index in [2.05, 4.69) is 9.97 Å². The number of carbonyl (C=O) groups excluding carboxylic acids is 2. The zero-order valence-electron chi connectivity index (χ0n) is 20.4. The summed E-state index contributed by atoms with van der Waals surface area (Å²) < 4.78 is 54.6. The predicted molar refractivity (Wildman–Crippen MR) is 133 cm³/mol. The van der Waals surface area contributed by atoms with Gasteiger partial charge in [-0.2, -0.15) is 13.2 Å². The highest BCUT2D eigenvalue weighted by Gasteiger charge is 2.38. The molecule has 38 heavy (non-hydrogen) atoms. The van der Waals surface area contributed by atoms with Crippen LogP contribution in [0.15, 0.2) is 66.9 Å². The van der Waals surface area contributed by atoms with Crippen LogP contribution < -0.4 is 0 Å². The number of amides is 2. The number of allylic oxidation sites excluding steroid dienone is 2. The number of aromatic amines is 1. The molecule has 0 bridgehead atoms. The molecule has 0 radical (unpaired) electrons. The summed E-state index contributed by atoms with van der Waals surface area (Å²) in [7, 11) is 0. The second-order valence-electron chi connectivity index (χ2n) is 8.97. The fraction of sp³-hybridized carbons (Fsp3) is 0.259. The smallest absolute Gasteiger partial charge is 0.336 e. The third-order valence-corrected chi connectivity index (χ3v) is 6.24. The fourth-order valence-corrected chi connectivity index (χ4v) is 4.26. The molecule has 0 aliphatic carbocycles. The molecule has 4 rings (SSSR count). The van der Waals surface area contributed by atoms with Gasteiger partial charge in [0.15, 0.2) is 0 Å². The lowest BCUT2D eigenvalue weighted by Crippen LogP contribution is -2.55. The number of H-pyrrole nitrogens is 1. The molecule has 0 spiro atoms. The second-order valence-corrected chi connectivity index (χ2v) is 8.97. The Hall–Kier alpha value is -4.28. The molecule has 3 aromatic rings. The van der Waals surface area contributed by atoms with Crippen LogP contribution >= 0.6 is 0 Å². The third kappa shape index (κ3) is 6.16. The van der Waals surface area contributed by atoms with Crippen LogP contribution in [-0.2, 0) is 11.2 Å². The van der Waals surface area contributed by atoms with E-state index in [1.807, 2.05) is 37.3 Å². The lowest BCUT2D eigenvalue weighted by atomic mass is 10.1. The largest absolute Gasteiger partial charge is 0.420 e. The van der Waals surface area contributed by atoms with Crippen LogP contribution in [0.2, 0.25) is 0 Å². The first-order valence-corrected chi connectivity index (χ1v) is 11.8. The number of benzene rings is 2. The number of rotatable bonds is 6. The fourth-order valence-electron chi connectivity index (χ4n) is 4.26. The molecule has 1 atom stereocenters. The third-order valence-electron chi connectivity index (χ3n) is 6.24. The lowest BCUT2D eigenvalue weighted by molar-refractivity contribution is -0.134. The predicted octanol–water partition coefficient (Wildman–Crippen LogP) is 4.48. The summed E-state index contributed by atoms with van der Waals surface area (Å²) in [6, 6.07) is 13.5. The maximum atomic E-state index is 13.8. The Morgan fingerprint density at radius 2 is 1.79 bits per heavy atom. The Bertz CT molecular complexity index is 1350. The number of piperazine rings is 1. The Morgan fingerprint density at radius 1 is 1.11 bits per heavy atom. The summed E-state index contributed by atoms with van der Waals surface area (Å²) in [6.07, 6.45) is -3.03. The van der Waals surface area contributed by atoms with Crippen molar-refractivity contribution in [2.75, 3.05) is 19.6 Å². The van der Waals surface area contributed by atoms with E-state index in [1.165, 1.54) is 17.0 Å². The van der Waals surface area contributed by atoms with Crippen LogP contribution in [0.1, 0.15) is 34.4 Å². The quantitative estimate of drug-likeness (QED) is 0.366. The molecule has 2 amide bonds. The molecule has 0 saturated carbocycles. The van der Waals surface area contributed by atoms with E-state index in [4.69, 9.17) is 5.41 Å². The number of alkyl halides is 3. The number of hydrogen-bond donors (Lipinski definition) is 2. The molecule has 2 heterocycles. The van der Waals surface area contributed by atoms with Gasteiger partial charge in [-0.15, -0.1) is 0 Å². The highest BCUT2D eigenvalue weighted by molar-refractivity contribution is 6.10. The highest BCUT2D eigenvalue weighted by Crippen LogP contribution is 2.33. The van der Waals surface area contributed by atoms with Crippen LogP contribution in [0.5, 0.6) is 0 Å². The lowest BCUT2D eigenvalue weighted by Gasteiger charge is -2.39. The van der Waals surface area contributed by atoms with E-state index < -0.39 is 35.0 Å². The molecule has 198 valence electrons. The second kappa shape index (κ2) is 11.0. The Labute approximate surface area is 216 Å². The molecule has 7 nitrogen and oxygen atoms in total. The molecule has 11 heteroatoms. The Balaban J connectivity index is 1.46. The van der Waals surface area contributed by atoms with Gasteiger partial charge in [0.2, 0.25) is 5.91 Å². The first kappa shape index (κ1) is 26.8. The molecule has 1 saturated heterocycles. The maximum Gasteiger partial charge on any atom is 0.420 e. The number of halogens is 4. The van der Waals surface area contributed by atoms with E-state index in [-0.39, 0.29) is 42.7 Å². The standard InChI is InChI=1S/C27H25F4N5O2/c1-17-16-35(11-12-36(17)24(37)13-18-5-3-2-4-6-18)26(38)23-15-33-25(34-23)21(27(29,30)31)14-22(32)19-7-9-20(28)10-8-19/h2-10,14-15,17,32H,11-13,16H2,1H3,(H,33,34)/b21-14+,32-22?. The van der Waals surface area contributed by atoms with Crippen molar-refractivity contribution in [3.05, 3.63) is 95.3 Å². The summed E-state index contributed by atoms with van der Waals surface area (Å²) in [6.45, 7) is 2.54. The van der Waals surface area contributed by atoms with Gasteiger partial charge >= 0.3 is 6.18 Å². The molecule has 2 aromatic carbocycles. The average Bonchev–Trinajstić information content (AvgIpc) is 3.36. The van der Waals surface area contributed by atoms with Gasteiger partial charge in [-0.25, -0.2) is 9.37 Å². The van der Waals surface area contributed by atoms with E-state index in [0.29, 0.717) is 12.6 Å². The SMILES string of the molecule is CC1CN(C(=O)c2cnc(/C(=C\C(=N)c3ccc(F)cc3)C(F)(F)F)[nH]2)CCN1C(=O)Cc1ccccc1. The molecule has 1 fully saturated rings. The van der Waals surface area contributed by atoms with E-state index in [0.717, 1.165) is 23.9 Å². The summed E-state index contributed by atoms with van der Waals surface area (Å²) in [5.74, 6) is -1.80. The van der Waals surface area contributed by atoms with Crippen molar-refractivity contribution in [1.82, 2.24) is 19.8 Å². The van der Waals surface area contributed by atoms with Gasteiger partial charge in [0.05, 0.1) is 18.3 Å². The summed E-state index contributed by atoms with van der Waals surface area (Å²) in [4.78, 5) is 35.2. The van der Waals surface area contributed by atoms with Crippen LogP contribution in [0.3, 0.4) is 0 Å². The highest BCUT2D eigenvalue weighted by atomic mass is 19.4. The van der Waals surface area contributed by atoms with E-state index in [9.17, 15) is 27.2 Å². The number of carbonyl (C=O) groups is 2. The minimum atomic E-state index is -4.87. The number of hydrogen-bond acceptors (Lipinski definition) is 4. The molecular weight excluding hydrogens is 502 g/mol. The zero-order valence-corrected chi connectivity index (χ0v) is 20.4. The van der Waals surface area contributed by atoms with Gasteiger partial charge in [0, 0.05) is 25.7 Å². The van der Waals surface area contributed by atoms with Crippen molar-refractivity contribution >= 4 is 23.1 Å². The van der Waals surface area contributed by atoms with Crippen LogP contribution in [0.4, 0.5) is 17.6 Å². The molecule has 1 unspecified atom stereocenters. The number of imidazole rings is 1. The number of nitrogens with zero attached hydrogens (tertiary/aromatic N) is 3. The zero-order chi connectivity index (χ0) is 27.4.